The molecule has 0 heterocycles. The van der Waals surface area contributed by atoms with E-state index in [9.17, 15) is 15.0 Å². The highest BCUT2D eigenvalue weighted by atomic mass is 16.5. The molecule has 4 nitrogen and oxygen atoms in total. The van der Waals surface area contributed by atoms with Crippen LogP contribution >= 0.6 is 0 Å². The summed E-state index contributed by atoms with van der Waals surface area (Å²) in [5.41, 5.74) is 0.475. The van der Waals surface area contributed by atoms with Crippen LogP contribution in [0.3, 0.4) is 0 Å². The molecule has 0 saturated carbocycles. The van der Waals surface area contributed by atoms with Crippen LogP contribution in [0.4, 0.5) is 0 Å². The molecule has 19 heavy (non-hydrogen) atoms. The summed E-state index contributed by atoms with van der Waals surface area (Å²) in [7, 11) is 0. The van der Waals surface area contributed by atoms with E-state index in [1.54, 1.807) is 30.3 Å². The summed E-state index contributed by atoms with van der Waals surface area (Å²) in [6, 6.07) is 8.70. The first-order chi connectivity index (χ1) is 8.92. The Morgan fingerprint density at radius 3 is 2.53 bits per heavy atom. The summed E-state index contributed by atoms with van der Waals surface area (Å²) in [5.74, 6) is -2.72. The number of aliphatic carboxylic acids is 1. The topological polar surface area (TPSA) is 77.8 Å². The zero-order valence-corrected chi connectivity index (χ0v) is 11.0. The first-order valence-electron chi connectivity index (χ1n) is 6.31. The van der Waals surface area contributed by atoms with Crippen molar-refractivity contribution in [1.29, 1.82) is 0 Å². The summed E-state index contributed by atoms with van der Waals surface area (Å²) in [6.07, 6.45) is 4.22. The van der Waals surface area contributed by atoms with Gasteiger partial charge in [0.2, 0.25) is 0 Å². The number of benzene rings is 1. The van der Waals surface area contributed by atoms with Crippen LogP contribution < -0.4 is 0 Å². The highest BCUT2D eigenvalue weighted by Crippen LogP contribution is 2.27. The molecule has 0 radical (unpaired) electrons. The maximum absolute atomic E-state index is 10.3. The van der Waals surface area contributed by atoms with Crippen LogP contribution in [0.2, 0.25) is 0 Å². The first-order valence-corrected chi connectivity index (χ1v) is 6.31. The van der Waals surface area contributed by atoms with Crippen LogP contribution in [0, 0.1) is 5.92 Å². The van der Waals surface area contributed by atoms with Gasteiger partial charge in [0.05, 0.1) is 0 Å². The third-order valence-corrected chi connectivity index (χ3v) is 2.96. The van der Waals surface area contributed by atoms with E-state index < -0.39 is 11.8 Å². The van der Waals surface area contributed by atoms with Gasteiger partial charge >= 0.3 is 5.97 Å². The molecular weight excluding hydrogens is 244 g/mol. The average molecular weight is 264 g/mol. The molecule has 0 spiro atoms. The van der Waals surface area contributed by atoms with Crippen LogP contribution in [0.25, 0.3) is 0 Å². The Kier molecular flexibility index (Phi) is 5.73. The standard InChI is InChI=1S/C15H20O4/c1-12(7-5-6-10-14(16)17)11-15(18,19)13-8-3-2-4-9-13/h2-4,6,8-10,12,18-19H,5,7,11H2,1H3,(H,16,17). The number of aliphatic hydroxyl groups is 2. The highest BCUT2D eigenvalue weighted by molar-refractivity contribution is 5.79. The molecule has 4 heteroatoms. The molecule has 0 saturated heterocycles. The number of allylic oxidation sites excluding steroid dienone is 1. The molecule has 0 aliphatic heterocycles. The Hall–Kier alpha value is -1.65. The number of hydrogen-bond acceptors (Lipinski definition) is 3. The molecule has 0 aliphatic rings. The molecule has 0 bridgehead atoms. The largest absolute Gasteiger partial charge is 0.478 e. The van der Waals surface area contributed by atoms with Gasteiger partial charge in [-0.1, -0.05) is 43.3 Å². The van der Waals surface area contributed by atoms with Crippen LogP contribution in [0.15, 0.2) is 42.5 Å². The van der Waals surface area contributed by atoms with Gasteiger partial charge in [-0.25, -0.2) is 4.79 Å². The summed E-state index contributed by atoms with van der Waals surface area (Å²) in [5, 5.41) is 28.5. The zero-order chi connectivity index (χ0) is 14.3. The van der Waals surface area contributed by atoms with E-state index in [1.807, 2.05) is 13.0 Å². The van der Waals surface area contributed by atoms with E-state index in [4.69, 9.17) is 5.11 Å². The Labute approximate surface area is 113 Å². The first kappa shape index (κ1) is 15.4. The van der Waals surface area contributed by atoms with E-state index in [0.717, 1.165) is 6.08 Å². The summed E-state index contributed by atoms with van der Waals surface area (Å²) in [6.45, 7) is 1.92. The molecule has 0 amide bonds. The molecule has 3 N–H and O–H groups in total. The lowest BCUT2D eigenvalue weighted by Gasteiger charge is -2.25. The van der Waals surface area contributed by atoms with Crippen molar-refractivity contribution in [3.8, 4) is 0 Å². The smallest absolute Gasteiger partial charge is 0.327 e. The quantitative estimate of drug-likeness (QED) is 0.521. The fourth-order valence-corrected chi connectivity index (χ4v) is 1.98. The molecule has 1 atom stereocenters. The Morgan fingerprint density at radius 2 is 1.95 bits per heavy atom. The van der Waals surface area contributed by atoms with Crippen molar-refractivity contribution in [2.24, 2.45) is 5.92 Å². The minimum Gasteiger partial charge on any atom is -0.478 e. The number of rotatable bonds is 7. The Bertz CT molecular complexity index is 423. The normalized spacial score (nSPS) is 13.6. The van der Waals surface area contributed by atoms with Crippen LogP contribution in [0.5, 0.6) is 0 Å². The monoisotopic (exact) mass is 264 g/mol. The van der Waals surface area contributed by atoms with Gasteiger partial charge < -0.3 is 15.3 Å². The van der Waals surface area contributed by atoms with E-state index in [-0.39, 0.29) is 12.3 Å². The van der Waals surface area contributed by atoms with Crippen molar-refractivity contribution < 1.29 is 20.1 Å². The van der Waals surface area contributed by atoms with Gasteiger partial charge in [0.25, 0.3) is 0 Å². The van der Waals surface area contributed by atoms with Crippen molar-refractivity contribution in [3.05, 3.63) is 48.0 Å². The molecule has 104 valence electrons. The van der Waals surface area contributed by atoms with Crippen LogP contribution in [0.1, 0.15) is 31.7 Å². The van der Waals surface area contributed by atoms with Gasteiger partial charge in [0.15, 0.2) is 5.79 Å². The van der Waals surface area contributed by atoms with Crippen molar-refractivity contribution in [2.75, 3.05) is 0 Å². The van der Waals surface area contributed by atoms with Gasteiger partial charge in [-0.05, 0) is 18.8 Å². The maximum Gasteiger partial charge on any atom is 0.327 e. The van der Waals surface area contributed by atoms with Gasteiger partial charge in [0.1, 0.15) is 0 Å². The minimum absolute atomic E-state index is 0.0775. The molecule has 0 fully saturated rings. The predicted molar refractivity (Wildman–Crippen MR) is 72.3 cm³/mol. The van der Waals surface area contributed by atoms with Crippen LogP contribution in [-0.2, 0) is 10.6 Å². The Balaban J connectivity index is 2.47. The molecule has 1 unspecified atom stereocenters. The van der Waals surface area contributed by atoms with Gasteiger partial charge in [0, 0.05) is 18.1 Å². The predicted octanol–water partition coefficient (Wildman–Crippen LogP) is 2.27. The zero-order valence-electron chi connectivity index (χ0n) is 11.0. The second-order valence-corrected chi connectivity index (χ2v) is 4.81. The molecule has 1 aromatic rings. The van der Waals surface area contributed by atoms with E-state index in [0.29, 0.717) is 18.4 Å². The van der Waals surface area contributed by atoms with E-state index in [2.05, 4.69) is 0 Å². The minimum atomic E-state index is -1.84. The molecule has 1 aromatic carbocycles. The van der Waals surface area contributed by atoms with Crippen molar-refractivity contribution >= 4 is 5.97 Å². The Morgan fingerprint density at radius 1 is 1.32 bits per heavy atom. The lowest BCUT2D eigenvalue weighted by molar-refractivity contribution is -0.182. The number of carboxylic acid groups (broad SMARTS) is 1. The fraction of sp³-hybridized carbons (Fsp3) is 0.400. The molecule has 0 aromatic heterocycles. The number of carboxylic acids is 1. The number of carbonyl (C=O) groups is 1. The third kappa shape index (κ3) is 5.68. The van der Waals surface area contributed by atoms with Crippen molar-refractivity contribution in [2.45, 2.75) is 32.0 Å². The SMILES string of the molecule is CC(CCC=CC(=O)O)CC(O)(O)c1ccccc1. The third-order valence-electron chi connectivity index (χ3n) is 2.96. The summed E-state index contributed by atoms with van der Waals surface area (Å²) < 4.78 is 0. The maximum atomic E-state index is 10.3. The molecule has 0 aliphatic carbocycles. The number of hydrogen-bond donors (Lipinski definition) is 3. The lowest BCUT2D eigenvalue weighted by Crippen LogP contribution is -2.27. The van der Waals surface area contributed by atoms with Crippen molar-refractivity contribution in [3.63, 3.8) is 0 Å². The van der Waals surface area contributed by atoms with E-state index in [1.165, 1.54) is 0 Å². The highest BCUT2D eigenvalue weighted by Gasteiger charge is 2.27. The van der Waals surface area contributed by atoms with Gasteiger partial charge in [-0.15, -0.1) is 0 Å². The fourth-order valence-electron chi connectivity index (χ4n) is 1.98. The van der Waals surface area contributed by atoms with Crippen LogP contribution in [-0.4, -0.2) is 21.3 Å². The average Bonchev–Trinajstić information content (AvgIpc) is 2.35. The molecule has 1 rings (SSSR count). The van der Waals surface area contributed by atoms with E-state index >= 15 is 0 Å². The van der Waals surface area contributed by atoms with Crippen molar-refractivity contribution in [1.82, 2.24) is 0 Å². The summed E-state index contributed by atoms with van der Waals surface area (Å²) >= 11 is 0. The summed E-state index contributed by atoms with van der Waals surface area (Å²) in [4.78, 5) is 10.3. The van der Waals surface area contributed by atoms with Gasteiger partial charge in [-0.2, -0.15) is 0 Å². The second kappa shape index (κ2) is 7.07. The van der Waals surface area contributed by atoms with Gasteiger partial charge in [-0.3, -0.25) is 0 Å². The second-order valence-electron chi connectivity index (χ2n) is 4.81. The lowest BCUT2D eigenvalue weighted by atomic mass is 9.92. The molecular formula is C15H20O4.